The fourth-order valence-electron chi connectivity index (χ4n) is 3.45. The summed E-state index contributed by atoms with van der Waals surface area (Å²) in [6.45, 7) is 3.54. The van der Waals surface area contributed by atoms with Crippen molar-refractivity contribution in [1.29, 1.82) is 0 Å². The third-order valence-corrected chi connectivity index (χ3v) is 4.71. The molecule has 4 aromatic rings. The summed E-state index contributed by atoms with van der Waals surface area (Å²) in [5, 5.41) is 9.24. The van der Waals surface area contributed by atoms with Crippen LogP contribution in [-0.4, -0.2) is 60.7 Å². The van der Waals surface area contributed by atoms with Gasteiger partial charge < -0.3 is 9.80 Å². The van der Waals surface area contributed by atoms with Gasteiger partial charge in [-0.2, -0.15) is 0 Å². The van der Waals surface area contributed by atoms with E-state index < -0.39 is 0 Å². The molecule has 0 saturated carbocycles. The lowest BCUT2D eigenvalue weighted by atomic mass is 10.2. The average Bonchev–Trinajstić information content (AvgIpc) is 3.05. The summed E-state index contributed by atoms with van der Waals surface area (Å²) in [5.41, 5.74) is 1.66. The molecular formula is C17H17N9. The summed E-state index contributed by atoms with van der Waals surface area (Å²) in [4.78, 5) is 22.1. The van der Waals surface area contributed by atoms with E-state index in [1.54, 1.807) is 31.2 Å². The predicted octanol–water partition coefficient (Wildman–Crippen LogP) is 1.18. The third kappa shape index (κ3) is 2.48. The molecule has 1 fully saturated rings. The molecule has 0 spiro atoms. The van der Waals surface area contributed by atoms with Crippen molar-refractivity contribution in [3.8, 4) is 0 Å². The second kappa shape index (κ2) is 6.17. The van der Waals surface area contributed by atoms with Crippen LogP contribution < -0.4 is 9.80 Å². The Balaban J connectivity index is 1.44. The van der Waals surface area contributed by atoms with Gasteiger partial charge in [-0.1, -0.05) is 0 Å². The lowest BCUT2D eigenvalue weighted by Gasteiger charge is -2.24. The van der Waals surface area contributed by atoms with Gasteiger partial charge in [0.2, 0.25) is 5.65 Å². The Kier molecular flexibility index (Phi) is 3.55. The number of anilines is 2. The highest BCUT2D eigenvalue weighted by molar-refractivity contribution is 5.88. The van der Waals surface area contributed by atoms with Crippen molar-refractivity contribution in [2.45, 2.75) is 6.42 Å². The first kappa shape index (κ1) is 14.9. The van der Waals surface area contributed by atoms with Crippen molar-refractivity contribution in [2.75, 3.05) is 36.0 Å². The fourth-order valence-corrected chi connectivity index (χ4v) is 3.45. The van der Waals surface area contributed by atoms with Gasteiger partial charge in [0, 0.05) is 50.2 Å². The molecule has 4 aromatic heterocycles. The van der Waals surface area contributed by atoms with Gasteiger partial charge >= 0.3 is 0 Å². The standard InChI is InChI=1S/C17H17N9/c1-5-24(15-13-2-3-18-10-14(13)20-11-21-15)8-9-25(6-1)16-17-23-22-12-26(17)7-4-19-16/h2-4,7,10-12H,1,5-6,8-9H2. The van der Waals surface area contributed by atoms with Crippen molar-refractivity contribution in [2.24, 2.45) is 0 Å². The topological polar surface area (TPSA) is 88.2 Å². The zero-order chi connectivity index (χ0) is 17.3. The molecule has 0 atom stereocenters. The van der Waals surface area contributed by atoms with Gasteiger partial charge in [0.15, 0.2) is 5.82 Å². The van der Waals surface area contributed by atoms with Crippen molar-refractivity contribution in [1.82, 2.24) is 34.5 Å². The highest BCUT2D eigenvalue weighted by Gasteiger charge is 2.21. The molecule has 0 radical (unpaired) electrons. The van der Waals surface area contributed by atoms with E-state index in [2.05, 4.69) is 39.9 Å². The summed E-state index contributed by atoms with van der Waals surface area (Å²) in [5.74, 6) is 1.84. The van der Waals surface area contributed by atoms with Gasteiger partial charge in [0.05, 0.1) is 11.7 Å². The molecule has 1 aliphatic rings. The maximum Gasteiger partial charge on any atom is 0.203 e. The Morgan fingerprint density at radius 3 is 2.69 bits per heavy atom. The number of hydrogen-bond donors (Lipinski definition) is 0. The van der Waals surface area contributed by atoms with Crippen molar-refractivity contribution >= 4 is 28.2 Å². The molecule has 1 saturated heterocycles. The molecule has 1 aliphatic heterocycles. The van der Waals surface area contributed by atoms with Crippen LogP contribution in [-0.2, 0) is 0 Å². The zero-order valence-corrected chi connectivity index (χ0v) is 14.1. The van der Waals surface area contributed by atoms with Crippen LogP contribution in [0.5, 0.6) is 0 Å². The van der Waals surface area contributed by atoms with Crippen LogP contribution in [0.25, 0.3) is 16.6 Å². The van der Waals surface area contributed by atoms with E-state index in [9.17, 15) is 0 Å². The first-order valence-electron chi connectivity index (χ1n) is 8.59. The molecule has 0 amide bonds. The SMILES string of the molecule is c1cc2c(N3CCCN(c4nccn5cnnc45)CC3)ncnc2cn1. The van der Waals surface area contributed by atoms with E-state index in [1.165, 1.54) is 0 Å². The summed E-state index contributed by atoms with van der Waals surface area (Å²) < 4.78 is 1.90. The minimum absolute atomic E-state index is 0.791. The number of aromatic nitrogens is 7. The molecule has 0 N–H and O–H groups in total. The van der Waals surface area contributed by atoms with Crippen LogP contribution >= 0.6 is 0 Å². The molecule has 5 heterocycles. The van der Waals surface area contributed by atoms with E-state index in [-0.39, 0.29) is 0 Å². The molecule has 0 aliphatic carbocycles. The van der Waals surface area contributed by atoms with Gasteiger partial charge in [-0.25, -0.2) is 15.0 Å². The maximum atomic E-state index is 4.54. The van der Waals surface area contributed by atoms with Crippen LogP contribution in [0, 0.1) is 0 Å². The first-order valence-corrected chi connectivity index (χ1v) is 8.59. The summed E-state index contributed by atoms with van der Waals surface area (Å²) >= 11 is 0. The highest BCUT2D eigenvalue weighted by atomic mass is 15.3. The van der Waals surface area contributed by atoms with Crippen molar-refractivity contribution < 1.29 is 0 Å². The normalized spacial score (nSPS) is 15.5. The quantitative estimate of drug-likeness (QED) is 0.534. The Morgan fingerprint density at radius 2 is 1.77 bits per heavy atom. The fraction of sp³-hybridized carbons (Fsp3) is 0.294. The van der Waals surface area contributed by atoms with E-state index in [4.69, 9.17) is 0 Å². The number of hydrogen-bond acceptors (Lipinski definition) is 8. The number of nitrogens with zero attached hydrogens (tertiary/aromatic N) is 9. The van der Waals surface area contributed by atoms with Crippen LogP contribution in [0.3, 0.4) is 0 Å². The number of pyridine rings is 1. The Bertz CT molecular complexity index is 1050. The zero-order valence-electron chi connectivity index (χ0n) is 14.1. The van der Waals surface area contributed by atoms with Crippen molar-refractivity contribution in [3.63, 3.8) is 0 Å². The molecule has 9 nitrogen and oxygen atoms in total. The smallest absolute Gasteiger partial charge is 0.203 e. The monoisotopic (exact) mass is 347 g/mol. The second-order valence-electron chi connectivity index (χ2n) is 6.23. The van der Waals surface area contributed by atoms with Crippen molar-refractivity contribution in [3.05, 3.63) is 43.5 Å². The molecule has 130 valence electrons. The van der Waals surface area contributed by atoms with Gasteiger partial charge in [-0.15, -0.1) is 10.2 Å². The number of fused-ring (bicyclic) bond motifs is 2. The minimum atomic E-state index is 0.791. The van der Waals surface area contributed by atoms with Gasteiger partial charge in [0.25, 0.3) is 0 Å². The molecule has 0 unspecified atom stereocenters. The van der Waals surface area contributed by atoms with Crippen LogP contribution in [0.2, 0.25) is 0 Å². The summed E-state index contributed by atoms with van der Waals surface area (Å²) in [7, 11) is 0. The van der Waals surface area contributed by atoms with E-state index in [0.717, 1.165) is 60.8 Å². The molecule has 26 heavy (non-hydrogen) atoms. The van der Waals surface area contributed by atoms with E-state index >= 15 is 0 Å². The van der Waals surface area contributed by atoms with Crippen LogP contribution in [0.1, 0.15) is 6.42 Å². The van der Waals surface area contributed by atoms with E-state index in [0.29, 0.717) is 0 Å². The highest BCUT2D eigenvalue weighted by Crippen LogP contribution is 2.24. The third-order valence-electron chi connectivity index (χ3n) is 4.71. The molecule has 0 aromatic carbocycles. The largest absolute Gasteiger partial charge is 0.354 e. The van der Waals surface area contributed by atoms with Crippen LogP contribution in [0.4, 0.5) is 11.6 Å². The van der Waals surface area contributed by atoms with E-state index in [1.807, 2.05) is 16.7 Å². The molecule has 0 bridgehead atoms. The van der Waals surface area contributed by atoms with Gasteiger partial charge in [-0.3, -0.25) is 9.38 Å². The Hall–Kier alpha value is -3.36. The first-order chi connectivity index (χ1) is 12.9. The lowest BCUT2D eigenvalue weighted by Crippen LogP contribution is -2.32. The summed E-state index contributed by atoms with van der Waals surface area (Å²) in [6, 6.07) is 1.98. The average molecular weight is 347 g/mol. The second-order valence-corrected chi connectivity index (χ2v) is 6.23. The predicted molar refractivity (Wildman–Crippen MR) is 97.2 cm³/mol. The maximum absolute atomic E-state index is 4.54. The minimum Gasteiger partial charge on any atom is -0.354 e. The lowest BCUT2D eigenvalue weighted by molar-refractivity contribution is 0.794. The van der Waals surface area contributed by atoms with Gasteiger partial charge in [0.1, 0.15) is 18.5 Å². The summed E-state index contributed by atoms with van der Waals surface area (Å²) in [6.07, 6.45) is 11.5. The van der Waals surface area contributed by atoms with Gasteiger partial charge in [-0.05, 0) is 12.5 Å². The number of rotatable bonds is 2. The Morgan fingerprint density at radius 1 is 0.885 bits per heavy atom. The molecule has 5 rings (SSSR count). The molecular weight excluding hydrogens is 330 g/mol. The van der Waals surface area contributed by atoms with Crippen LogP contribution in [0.15, 0.2) is 43.5 Å². The molecule has 9 heteroatoms. The Labute approximate surface area is 149 Å².